The monoisotopic (exact) mass is 292 g/mol. The van der Waals surface area contributed by atoms with E-state index in [9.17, 15) is 0 Å². The van der Waals surface area contributed by atoms with Gasteiger partial charge in [0.2, 0.25) is 0 Å². The van der Waals surface area contributed by atoms with E-state index in [-0.39, 0.29) is 0 Å². The number of halogens is 1. The highest BCUT2D eigenvalue weighted by Gasteiger charge is 2.32. The summed E-state index contributed by atoms with van der Waals surface area (Å²) in [5, 5.41) is 0. The third-order valence-corrected chi connectivity index (χ3v) is 6.79. The van der Waals surface area contributed by atoms with Crippen LogP contribution in [0, 0.1) is 0 Å². The first-order valence-electron chi connectivity index (χ1n) is 5.24. The summed E-state index contributed by atoms with van der Waals surface area (Å²) < 4.78 is 1.22. The molecule has 16 heavy (non-hydrogen) atoms. The van der Waals surface area contributed by atoms with Gasteiger partial charge in [0.1, 0.15) is 0 Å². The predicted molar refractivity (Wildman–Crippen MR) is 75.5 cm³/mol. The first kappa shape index (κ1) is 10.4. The highest BCUT2D eigenvalue weighted by Crippen LogP contribution is 2.68. The Hall–Kier alpha value is -0.730. The van der Waals surface area contributed by atoms with Crippen LogP contribution in [0.2, 0.25) is 0 Å². The summed E-state index contributed by atoms with van der Waals surface area (Å²) in [6.07, 6.45) is 4.76. The number of rotatable bonds is 0. The molecule has 0 spiro atoms. The summed E-state index contributed by atoms with van der Waals surface area (Å²) in [5.41, 5.74) is 2.81. The van der Waals surface area contributed by atoms with Crippen LogP contribution < -0.4 is 0 Å². The van der Waals surface area contributed by atoms with Gasteiger partial charge in [0.05, 0.1) is 0 Å². The first-order chi connectivity index (χ1) is 7.62. The molecule has 0 fully saturated rings. The van der Waals surface area contributed by atoms with Crippen LogP contribution in [0.3, 0.4) is 0 Å². The van der Waals surface area contributed by atoms with Crippen molar-refractivity contribution in [2.75, 3.05) is 12.5 Å². The summed E-state index contributed by atoms with van der Waals surface area (Å²) >= 11 is 3.68. The molecule has 0 saturated heterocycles. The lowest BCUT2D eigenvalue weighted by Gasteiger charge is -2.27. The highest BCUT2D eigenvalue weighted by molar-refractivity contribution is 9.10. The molecule has 0 aliphatic carbocycles. The molecule has 0 atom stereocenters. The molecular weight excluding hydrogens is 280 g/mol. The summed E-state index contributed by atoms with van der Waals surface area (Å²) in [6, 6.07) is 15.3. The van der Waals surface area contributed by atoms with Gasteiger partial charge in [-0.25, -0.2) is 0 Å². The summed E-state index contributed by atoms with van der Waals surface area (Å²) in [7, 11) is -0.817. The van der Waals surface area contributed by atoms with Crippen molar-refractivity contribution in [1.82, 2.24) is 0 Å². The smallest absolute Gasteiger partial charge is 0.0264 e. The maximum atomic E-state index is 3.68. The normalized spacial score (nSPS) is 17.7. The first-order valence-corrected chi connectivity index (χ1v) is 8.48. The van der Waals surface area contributed by atoms with Crippen molar-refractivity contribution in [3.63, 3.8) is 0 Å². The molecule has 0 bridgehead atoms. The van der Waals surface area contributed by atoms with E-state index in [2.05, 4.69) is 70.9 Å². The van der Waals surface area contributed by atoms with Gasteiger partial charge in [-0.2, -0.15) is 10.0 Å². The zero-order chi connectivity index (χ0) is 11.3. The molecule has 0 N–H and O–H groups in total. The van der Waals surface area contributed by atoms with Crippen LogP contribution in [-0.2, 0) is 0 Å². The van der Waals surface area contributed by atoms with Crippen LogP contribution in [0.15, 0.2) is 56.7 Å². The van der Waals surface area contributed by atoms with Crippen molar-refractivity contribution in [3.8, 4) is 11.1 Å². The molecule has 0 amide bonds. The molecule has 1 heterocycles. The van der Waals surface area contributed by atoms with E-state index in [1.54, 1.807) is 0 Å². The summed E-state index contributed by atoms with van der Waals surface area (Å²) in [5.74, 6) is 0. The topological polar surface area (TPSA) is 0 Å². The van der Waals surface area contributed by atoms with Gasteiger partial charge in [0.25, 0.3) is 0 Å². The Morgan fingerprint density at radius 2 is 1.56 bits per heavy atom. The highest BCUT2D eigenvalue weighted by atomic mass is 79.9. The molecule has 0 radical (unpaired) electrons. The van der Waals surface area contributed by atoms with Crippen molar-refractivity contribution >= 4 is 26.0 Å². The van der Waals surface area contributed by atoms with E-state index in [0.29, 0.717) is 0 Å². The van der Waals surface area contributed by atoms with Gasteiger partial charge in [-0.05, 0) is 36.3 Å². The standard InChI is InChI=1S/C14H13BrS/c1-16(2)12-8-4-3-6-10(12)14-11(15)7-5-9-13(14)16/h3-9H,1-2H3. The van der Waals surface area contributed by atoms with E-state index in [1.165, 1.54) is 25.4 Å². The lowest BCUT2D eigenvalue weighted by Crippen LogP contribution is -1.91. The van der Waals surface area contributed by atoms with Crippen molar-refractivity contribution in [2.24, 2.45) is 0 Å². The Morgan fingerprint density at radius 1 is 0.875 bits per heavy atom. The third-order valence-electron chi connectivity index (χ3n) is 3.23. The SMILES string of the molecule is CS1(C)c2ccccc2-c2c(Br)cccc21. The molecule has 1 aliphatic heterocycles. The van der Waals surface area contributed by atoms with Gasteiger partial charge in [-0.1, -0.05) is 40.2 Å². The van der Waals surface area contributed by atoms with Crippen molar-refractivity contribution in [2.45, 2.75) is 9.79 Å². The fourth-order valence-electron chi connectivity index (χ4n) is 2.43. The molecule has 82 valence electrons. The minimum absolute atomic E-state index is 0.817. The Morgan fingerprint density at radius 3 is 2.38 bits per heavy atom. The summed E-state index contributed by atoms with van der Waals surface area (Å²) in [4.78, 5) is 3.01. The van der Waals surface area contributed by atoms with Crippen molar-refractivity contribution < 1.29 is 0 Å². The molecule has 1 aliphatic rings. The molecule has 0 nitrogen and oxygen atoms in total. The molecule has 3 rings (SSSR count). The molecule has 0 aromatic heterocycles. The quantitative estimate of drug-likeness (QED) is 0.647. The molecule has 2 aromatic rings. The van der Waals surface area contributed by atoms with Gasteiger partial charge in [-0.15, -0.1) is 0 Å². The molecule has 2 aromatic carbocycles. The predicted octanol–water partition coefficient (Wildman–Crippen LogP) is 4.91. The maximum absolute atomic E-state index is 3.68. The van der Waals surface area contributed by atoms with Gasteiger partial charge in [0, 0.05) is 19.8 Å². The van der Waals surface area contributed by atoms with Crippen LogP contribution in [0.1, 0.15) is 0 Å². The Balaban J connectivity index is 2.45. The van der Waals surface area contributed by atoms with Crippen LogP contribution in [-0.4, -0.2) is 12.5 Å². The van der Waals surface area contributed by atoms with Gasteiger partial charge in [0.15, 0.2) is 0 Å². The van der Waals surface area contributed by atoms with Gasteiger partial charge in [-0.3, -0.25) is 0 Å². The zero-order valence-electron chi connectivity index (χ0n) is 9.33. The zero-order valence-corrected chi connectivity index (χ0v) is 11.7. The molecular formula is C14H13BrS. The minimum Gasteiger partial charge on any atom is -0.192 e. The number of hydrogen-bond acceptors (Lipinski definition) is 0. The second-order valence-electron chi connectivity index (χ2n) is 4.44. The number of benzene rings is 2. The second kappa shape index (κ2) is 3.38. The van der Waals surface area contributed by atoms with Gasteiger partial charge < -0.3 is 0 Å². The van der Waals surface area contributed by atoms with E-state index in [4.69, 9.17) is 0 Å². The van der Waals surface area contributed by atoms with E-state index in [0.717, 1.165) is 0 Å². The third kappa shape index (κ3) is 1.23. The van der Waals surface area contributed by atoms with Crippen LogP contribution in [0.25, 0.3) is 11.1 Å². The average molecular weight is 293 g/mol. The van der Waals surface area contributed by atoms with Crippen molar-refractivity contribution in [3.05, 3.63) is 46.9 Å². The maximum Gasteiger partial charge on any atom is 0.0264 e. The minimum atomic E-state index is -0.817. The van der Waals surface area contributed by atoms with E-state index < -0.39 is 10.0 Å². The second-order valence-corrected chi connectivity index (χ2v) is 8.82. The molecule has 0 unspecified atom stereocenters. The van der Waals surface area contributed by atoms with Gasteiger partial charge >= 0.3 is 0 Å². The lowest BCUT2D eigenvalue weighted by atomic mass is 10.1. The molecule has 0 saturated carbocycles. The fraction of sp³-hybridized carbons (Fsp3) is 0.143. The number of hydrogen-bond donors (Lipinski definition) is 0. The van der Waals surface area contributed by atoms with Crippen LogP contribution in [0.4, 0.5) is 0 Å². The van der Waals surface area contributed by atoms with Crippen LogP contribution in [0.5, 0.6) is 0 Å². The fourth-order valence-corrected chi connectivity index (χ4v) is 5.66. The lowest BCUT2D eigenvalue weighted by molar-refractivity contribution is 1.43. The molecule has 2 heteroatoms. The largest absolute Gasteiger partial charge is 0.192 e. The van der Waals surface area contributed by atoms with E-state index >= 15 is 0 Å². The summed E-state index contributed by atoms with van der Waals surface area (Å²) in [6.45, 7) is 0. The van der Waals surface area contributed by atoms with Crippen molar-refractivity contribution in [1.29, 1.82) is 0 Å². The van der Waals surface area contributed by atoms with E-state index in [1.807, 2.05) is 0 Å². The Kier molecular flexibility index (Phi) is 2.20. The van der Waals surface area contributed by atoms with Crippen LogP contribution >= 0.6 is 26.0 Å². The average Bonchev–Trinajstić information content (AvgIpc) is 2.51. The Bertz CT molecular complexity index is 573. The Labute approximate surface area is 106 Å². The number of fused-ring (bicyclic) bond motifs is 3.